The van der Waals surface area contributed by atoms with Crippen LogP contribution in [0.25, 0.3) is 0 Å². The normalized spacial score (nSPS) is 12.8. The van der Waals surface area contributed by atoms with Crippen molar-refractivity contribution in [3.63, 3.8) is 0 Å². The van der Waals surface area contributed by atoms with Crippen LogP contribution in [0.2, 0.25) is 0 Å². The average Bonchev–Trinajstić information content (AvgIpc) is 2.62. The van der Waals surface area contributed by atoms with Crippen LogP contribution in [0.3, 0.4) is 0 Å². The number of hydrogen-bond donors (Lipinski definition) is 0. The van der Waals surface area contributed by atoms with Gasteiger partial charge in [0.15, 0.2) is 0 Å². The van der Waals surface area contributed by atoms with Gasteiger partial charge in [-0.25, -0.2) is 0 Å². The van der Waals surface area contributed by atoms with Crippen molar-refractivity contribution in [2.75, 3.05) is 33.3 Å². The Balaban J connectivity index is 2.52. The fraction of sp³-hybridized carbons (Fsp3) is 0.667. The van der Waals surface area contributed by atoms with Crippen LogP contribution in [0.1, 0.15) is 64.4 Å². The Labute approximate surface area is 148 Å². The maximum absolute atomic E-state index is 12.6. The second-order valence-corrected chi connectivity index (χ2v) is 6.96. The van der Waals surface area contributed by atoms with E-state index < -0.39 is 0 Å². The number of esters is 1. The molecule has 0 aliphatic heterocycles. The van der Waals surface area contributed by atoms with Crippen LogP contribution in [-0.4, -0.2) is 43.7 Å². The molecule has 0 saturated heterocycles. The fourth-order valence-electron chi connectivity index (χ4n) is 2.96. The summed E-state index contributed by atoms with van der Waals surface area (Å²) in [6.07, 6.45) is 5.22. The van der Waals surface area contributed by atoms with E-state index in [1.807, 2.05) is 30.3 Å². The Hall–Kier alpha value is -1.35. The van der Waals surface area contributed by atoms with E-state index >= 15 is 0 Å². The molecule has 1 rings (SSSR count). The van der Waals surface area contributed by atoms with Gasteiger partial charge in [0.05, 0.1) is 39.2 Å². The molecule has 1 aromatic rings. The van der Waals surface area contributed by atoms with Crippen molar-refractivity contribution in [3.05, 3.63) is 35.9 Å². The standard InChI is InChI=1S/C21H36NO2/c1-5-8-10-16-20(19-14-11-9-12-15-19)21(23)24-18-13-17-22(4,6-2)7-3/h9,11-12,14-15,20H,5-8,10,13,16-18H2,1-4H3/q+1. The maximum Gasteiger partial charge on any atom is 0.313 e. The van der Waals surface area contributed by atoms with Gasteiger partial charge in [-0.1, -0.05) is 56.5 Å². The van der Waals surface area contributed by atoms with Gasteiger partial charge in [0.1, 0.15) is 0 Å². The molecule has 0 aromatic heterocycles. The summed E-state index contributed by atoms with van der Waals surface area (Å²) in [6, 6.07) is 10.1. The van der Waals surface area contributed by atoms with Gasteiger partial charge in [-0.2, -0.15) is 0 Å². The molecule has 136 valence electrons. The zero-order chi connectivity index (χ0) is 17.8. The van der Waals surface area contributed by atoms with E-state index in [1.165, 1.54) is 12.8 Å². The van der Waals surface area contributed by atoms with Gasteiger partial charge in [-0.15, -0.1) is 0 Å². The molecule has 0 aliphatic carbocycles. The molecule has 3 heteroatoms. The lowest BCUT2D eigenvalue weighted by molar-refractivity contribution is -0.906. The van der Waals surface area contributed by atoms with E-state index in [-0.39, 0.29) is 11.9 Å². The van der Waals surface area contributed by atoms with E-state index in [1.54, 1.807) is 0 Å². The third kappa shape index (κ3) is 7.04. The molecule has 0 amide bonds. The Morgan fingerprint density at radius 1 is 1.04 bits per heavy atom. The van der Waals surface area contributed by atoms with Crippen LogP contribution in [-0.2, 0) is 9.53 Å². The number of rotatable bonds is 12. The van der Waals surface area contributed by atoms with Crippen molar-refractivity contribution in [2.24, 2.45) is 0 Å². The van der Waals surface area contributed by atoms with Gasteiger partial charge in [0.2, 0.25) is 0 Å². The third-order valence-electron chi connectivity index (χ3n) is 5.20. The highest BCUT2D eigenvalue weighted by Gasteiger charge is 2.22. The van der Waals surface area contributed by atoms with Crippen molar-refractivity contribution in [3.8, 4) is 0 Å². The van der Waals surface area contributed by atoms with Crippen molar-refractivity contribution < 1.29 is 14.0 Å². The van der Waals surface area contributed by atoms with E-state index in [0.717, 1.165) is 48.9 Å². The highest BCUT2D eigenvalue weighted by Crippen LogP contribution is 2.24. The van der Waals surface area contributed by atoms with E-state index in [0.29, 0.717) is 6.61 Å². The lowest BCUT2D eigenvalue weighted by atomic mass is 9.93. The summed E-state index contributed by atoms with van der Waals surface area (Å²) in [5.41, 5.74) is 1.08. The van der Waals surface area contributed by atoms with Crippen LogP contribution in [0.5, 0.6) is 0 Å². The first-order chi connectivity index (χ1) is 11.6. The molecule has 0 N–H and O–H groups in total. The van der Waals surface area contributed by atoms with Crippen molar-refractivity contribution in [1.82, 2.24) is 0 Å². The zero-order valence-electron chi connectivity index (χ0n) is 16.1. The minimum atomic E-state index is -0.115. The van der Waals surface area contributed by atoms with Gasteiger partial charge >= 0.3 is 5.97 Å². The van der Waals surface area contributed by atoms with E-state index in [9.17, 15) is 4.79 Å². The predicted molar refractivity (Wildman–Crippen MR) is 101 cm³/mol. The molecule has 0 aliphatic rings. The molecule has 24 heavy (non-hydrogen) atoms. The summed E-state index contributed by atoms with van der Waals surface area (Å²) in [5, 5.41) is 0. The first-order valence-corrected chi connectivity index (χ1v) is 9.61. The fourth-order valence-corrected chi connectivity index (χ4v) is 2.96. The molecule has 0 heterocycles. The monoisotopic (exact) mass is 334 g/mol. The highest BCUT2D eigenvalue weighted by atomic mass is 16.5. The Kier molecular flexibility index (Phi) is 9.70. The highest BCUT2D eigenvalue weighted by molar-refractivity contribution is 5.78. The molecule has 1 atom stereocenters. The third-order valence-corrected chi connectivity index (χ3v) is 5.20. The van der Waals surface area contributed by atoms with Gasteiger partial charge < -0.3 is 9.22 Å². The molecule has 1 aromatic carbocycles. The molecule has 0 saturated carbocycles. The van der Waals surface area contributed by atoms with Crippen LogP contribution in [0, 0.1) is 0 Å². The molecule has 0 bridgehead atoms. The Morgan fingerprint density at radius 3 is 2.29 bits per heavy atom. The van der Waals surface area contributed by atoms with Gasteiger partial charge in [0, 0.05) is 6.42 Å². The first kappa shape index (κ1) is 20.7. The number of carbonyl (C=O) groups excluding carboxylic acids is 1. The topological polar surface area (TPSA) is 26.3 Å². The first-order valence-electron chi connectivity index (χ1n) is 9.61. The van der Waals surface area contributed by atoms with Crippen molar-refractivity contribution in [1.29, 1.82) is 0 Å². The summed E-state index contributed by atoms with van der Waals surface area (Å²) in [6.45, 7) is 10.5. The molecular weight excluding hydrogens is 298 g/mol. The Bertz CT molecular complexity index is 454. The summed E-state index contributed by atoms with van der Waals surface area (Å²) < 4.78 is 6.66. The number of nitrogens with zero attached hydrogens (tertiary/aromatic N) is 1. The van der Waals surface area contributed by atoms with Crippen molar-refractivity contribution >= 4 is 5.97 Å². The smallest absolute Gasteiger partial charge is 0.313 e. The molecule has 3 nitrogen and oxygen atoms in total. The number of ether oxygens (including phenoxy) is 1. The zero-order valence-corrected chi connectivity index (χ0v) is 16.1. The van der Waals surface area contributed by atoms with Crippen LogP contribution < -0.4 is 0 Å². The summed E-state index contributed by atoms with van der Waals surface area (Å²) in [4.78, 5) is 12.6. The summed E-state index contributed by atoms with van der Waals surface area (Å²) in [7, 11) is 2.26. The number of hydrogen-bond acceptors (Lipinski definition) is 2. The van der Waals surface area contributed by atoms with Gasteiger partial charge in [-0.05, 0) is 25.8 Å². The lowest BCUT2D eigenvalue weighted by Crippen LogP contribution is -2.44. The predicted octanol–water partition coefficient (Wildman–Crippen LogP) is 4.77. The van der Waals surface area contributed by atoms with Crippen molar-refractivity contribution in [2.45, 2.75) is 58.8 Å². The maximum atomic E-state index is 12.6. The molecule has 1 unspecified atom stereocenters. The quantitative estimate of drug-likeness (QED) is 0.313. The Morgan fingerprint density at radius 2 is 1.71 bits per heavy atom. The SMILES string of the molecule is CCCCCC(C(=O)OCCC[N+](C)(CC)CC)c1ccccc1. The van der Waals surface area contributed by atoms with E-state index in [2.05, 4.69) is 27.8 Å². The van der Waals surface area contributed by atoms with Gasteiger partial charge in [0.25, 0.3) is 0 Å². The van der Waals surface area contributed by atoms with Crippen LogP contribution in [0.15, 0.2) is 30.3 Å². The molecule has 0 fully saturated rings. The number of carbonyl (C=O) groups is 1. The van der Waals surface area contributed by atoms with Crippen LogP contribution in [0.4, 0.5) is 0 Å². The lowest BCUT2D eigenvalue weighted by Gasteiger charge is -2.32. The number of quaternary nitrogens is 1. The van der Waals surface area contributed by atoms with Crippen LogP contribution >= 0.6 is 0 Å². The molecule has 0 spiro atoms. The second-order valence-electron chi connectivity index (χ2n) is 6.96. The summed E-state index contributed by atoms with van der Waals surface area (Å²) >= 11 is 0. The average molecular weight is 335 g/mol. The minimum absolute atomic E-state index is 0.0560. The second kappa shape index (κ2) is 11.2. The largest absolute Gasteiger partial charge is 0.465 e. The number of unbranched alkanes of at least 4 members (excludes halogenated alkanes) is 2. The minimum Gasteiger partial charge on any atom is -0.465 e. The summed E-state index contributed by atoms with van der Waals surface area (Å²) in [5.74, 6) is -0.171. The van der Waals surface area contributed by atoms with Gasteiger partial charge in [-0.3, -0.25) is 4.79 Å². The number of benzene rings is 1. The molecular formula is C21H36NO2+. The molecule has 0 radical (unpaired) electrons. The van der Waals surface area contributed by atoms with E-state index in [4.69, 9.17) is 4.74 Å².